The van der Waals surface area contributed by atoms with Gasteiger partial charge in [0.2, 0.25) is 0 Å². The van der Waals surface area contributed by atoms with Gasteiger partial charge < -0.3 is 0 Å². The molecule has 8 heteroatoms. The molecule has 0 bridgehead atoms. The summed E-state index contributed by atoms with van der Waals surface area (Å²) in [5, 5.41) is 7.67. The predicted molar refractivity (Wildman–Crippen MR) is 118 cm³/mol. The molecule has 1 atom stereocenters. The number of hydroxylamine groups is 1. The first-order valence-electron chi connectivity index (χ1n) is 9.59. The van der Waals surface area contributed by atoms with Gasteiger partial charge in [0.25, 0.3) is 5.91 Å². The van der Waals surface area contributed by atoms with Crippen LogP contribution in [0.15, 0.2) is 69.3 Å². The maximum absolute atomic E-state index is 13.1. The first-order chi connectivity index (χ1) is 14.4. The van der Waals surface area contributed by atoms with Gasteiger partial charge >= 0.3 is 0 Å². The number of amides is 1. The zero-order chi connectivity index (χ0) is 22.0. The van der Waals surface area contributed by atoms with Crippen molar-refractivity contribution < 1.29 is 18.4 Å². The Bertz CT molecular complexity index is 955. The van der Waals surface area contributed by atoms with Gasteiger partial charge in [-0.1, -0.05) is 42.8 Å². The average molecular weight is 447 g/mol. The second-order valence-corrected chi connectivity index (χ2v) is 9.94. The summed E-state index contributed by atoms with van der Waals surface area (Å²) in [5.74, 6) is 1.59. The Balaban J connectivity index is 2.18. The summed E-state index contributed by atoms with van der Waals surface area (Å²) in [7, 11) is -3.99. The SMILES string of the molecule is C#CCN(CCC)CCC(C(=O)NO)S(=O)(=O)c1ccc(Sc2ccccc2)cc1. The van der Waals surface area contributed by atoms with Crippen molar-refractivity contribution in [1.82, 2.24) is 10.4 Å². The fourth-order valence-corrected chi connectivity index (χ4v) is 5.43. The van der Waals surface area contributed by atoms with E-state index in [0.717, 1.165) is 16.2 Å². The van der Waals surface area contributed by atoms with E-state index >= 15 is 0 Å². The van der Waals surface area contributed by atoms with Gasteiger partial charge in [0.1, 0.15) is 5.25 Å². The van der Waals surface area contributed by atoms with Crippen LogP contribution in [-0.2, 0) is 14.6 Å². The van der Waals surface area contributed by atoms with Gasteiger partial charge in [-0.15, -0.1) is 6.42 Å². The van der Waals surface area contributed by atoms with Crippen LogP contribution in [0.5, 0.6) is 0 Å². The summed E-state index contributed by atoms with van der Waals surface area (Å²) >= 11 is 1.51. The molecule has 0 aliphatic rings. The molecule has 2 aromatic rings. The number of nitrogens with one attached hydrogen (secondary N) is 1. The van der Waals surface area contributed by atoms with Crippen molar-refractivity contribution in [2.45, 2.75) is 39.7 Å². The lowest BCUT2D eigenvalue weighted by molar-refractivity contribution is -0.128. The molecule has 2 N–H and O–H groups in total. The number of nitrogens with zero attached hydrogens (tertiary/aromatic N) is 1. The Morgan fingerprint density at radius 3 is 2.33 bits per heavy atom. The molecule has 0 saturated heterocycles. The Labute approximate surface area is 182 Å². The normalized spacial score (nSPS) is 12.3. The molecule has 0 aliphatic heterocycles. The highest BCUT2D eigenvalue weighted by Gasteiger charge is 2.34. The molecule has 30 heavy (non-hydrogen) atoms. The second-order valence-electron chi connectivity index (χ2n) is 6.67. The minimum absolute atomic E-state index is 0.0247. The smallest absolute Gasteiger partial charge is 0.262 e. The minimum atomic E-state index is -3.99. The number of hydrogen-bond donors (Lipinski definition) is 2. The molecule has 0 heterocycles. The predicted octanol–water partition coefficient (Wildman–Crippen LogP) is 3.22. The number of carbonyl (C=O) groups is 1. The molecule has 6 nitrogen and oxygen atoms in total. The fourth-order valence-electron chi connectivity index (χ4n) is 3.00. The average Bonchev–Trinajstić information content (AvgIpc) is 2.75. The van der Waals surface area contributed by atoms with Crippen molar-refractivity contribution in [2.24, 2.45) is 0 Å². The quantitative estimate of drug-likeness (QED) is 0.313. The molecular formula is C22H26N2O4S2. The minimum Gasteiger partial charge on any atom is -0.292 e. The first-order valence-corrected chi connectivity index (χ1v) is 11.9. The number of benzene rings is 2. The summed E-state index contributed by atoms with van der Waals surface area (Å²) in [6, 6.07) is 16.1. The van der Waals surface area contributed by atoms with Crippen LogP contribution in [0.2, 0.25) is 0 Å². The van der Waals surface area contributed by atoms with Gasteiger partial charge in [0.15, 0.2) is 9.84 Å². The topological polar surface area (TPSA) is 86.7 Å². The van der Waals surface area contributed by atoms with Gasteiger partial charge in [0, 0.05) is 16.3 Å². The van der Waals surface area contributed by atoms with E-state index in [1.54, 1.807) is 12.1 Å². The molecule has 2 rings (SSSR count). The third-order valence-electron chi connectivity index (χ3n) is 4.47. The van der Waals surface area contributed by atoms with Crippen LogP contribution in [0.25, 0.3) is 0 Å². The van der Waals surface area contributed by atoms with Crippen molar-refractivity contribution in [3.8, 4) is 12.3 Å². The lowest BCUT2D eigenvalue weighted by Crippen LogP contribution is -2.41. The molecule has 1 amide bonds. The maximum Gasteiger partial charge on any atom is 0.262 e. The molecule has 0 spiro atoms. The lowest BCUT2D eigenvalue weighted by atomic mass is 10.2. The number of terminal acetylenes is 1. The number of carbonyl (C=O) groups excluding carboxylic acids is 1. The van der Waals surface area contributed by atoms with E-state index in [4.69, 9.17) is 11.6 Å². The fraction of sp³-hybridized carbons (Fsp3) is 0.318. The summed E-state index contributed by atoms with van der Waals surface area (Å²) < 4.78 is 26.2. The molecule has 0 aliphatic carbocycles. The highest BCUT2D eigenvalue weighted by Crippen LogP contribution is 2.29. The van der Waals surface area contributed by atoms with E-state index in [0.29, 0.717) is 19.6 Å². The van der Waals surface area contributed by atoms with E-state index in [-0.39, 0.29) is 11.3 Å². The lowest BCUT2D eigenvalue weighted by Gasteiger charge is -2.22. The monoisotopic (exact) mass is 446 g/mol. The zero-order valence-corrected chi connectivity index (χ0v) is 18.5. The molecular weight excluding hydrogens is 420 g/mol. The van der Waals surface area contributed by atoms with Crippen molar-refractivity contribution in [1.29, 1.82) is 0 Å². The number of sulfone groups is 1. The highest BCUT2D eigenvalue weighted by molar-refractivity contribution is 7.99. The molecule has 0 radical (unpaired) electrons. The molecule has 1 unspecified atom stereocenters. The van der Waals surface area contributed by atoms with Crippen LogP contribution in [0.3, 0.4) is 0 Å². The largest absolute Gasteiger partial charge is 0.292 e. The van der Waals surface area contributed by atoms with Gasteiger partial charge in [-0.2, -0.15) is 0 Å². The second kappa shape index (κ2) is 11.8. The highest BCUT2D eigenvalue weighted by atomic mass is 32.2. The van der Waals surface area contributed by atoms with Gasteiger partial charge in [-0.25, -0.2) is 13.9 Å². The Morgan fingerprint density at radius 1 is 1.13 bits per heavy atom. The van der Waals surface area contributed by atoms with Crippen LogP contribution >= 0.6 is 11.8 Å². The van der Waals surface area contributed by atoms with Crippen LogP contribution in [0, 0.1) is 12.3 Å². The van der Waals surface area contributed by atoms with E-state index < -0.39 is 21.0 Å². The van der Waals surface area contributed by atoms with Gasteiger partial charge in [-0.05, 0) is 55.8 Å². The Morgan fingerprint density at radius 2 is 1.77 bits per heavy atom. The van der Waals surface area contributed by atoms with Crippen LogP contribution in [0.4, 0.5) is 0 Å². The molecule has 160 valence electrons. The van der Waals surface area contributed by atoms with E-state index in [9.17, 15) is 13.2 Å². The summed E-state index contributed by atoms with van der Waals surface area (Å²) in [6.45, 7) is 3.39. The summed E-state index contributed by atoms with van der Waals surface area (Å²) in [5.41, 5.74) is 1.49. The standard InChI is InChI=1S/C22H26N2O4S2/c1-3-15-24(16-4-2)17-14-21(22(25)23-26)30(27,28)20-12-10-19(11-13-20)29-18-8-6-5-7-9-18/h1,5-13,21,26H,4,14-17H2,2H3,(H,23,25). The third-order valence-corrected chi connectivity index (χ3v) is 7.61. The number of hydrogen-bond acceptors (Lipinski definition) is 6. The van der Waals surface area contributed by atoms with Crippen LogP contribution in [0.1, 0.15) is 19.8 Å². The molecule has 0 aromatic heterocycles. The van der Waals surface area contributed by atoms with Crippen molar-refractivity contribution in [2.75, 3.05) is 19.6 Å². The summed E-state index contributed by atoms with van der Waals surface area (Å²) in [4.78, 5) is 16.0. The molecule has 2 aromatic carbocycles. The summed E-state index contributed by atoms with van der Waals surface area (Å²) in [6.07, 6.45) is 6.24. The van der Waals surface area contributed by atoms with Crippen LogP contribution in [-0.4, -0.2) is 49.3 Å². The van der Waals surface area contributed by atoms with Gasteiger partial charge in [-0.3, -0.25) is 14.9 Å². The van der Waals surface area contributed by atoms with E-state index in [1.807, 2.05) is 42.2 Å². The molecule has 0 fully saturated rings. The van der Waals surface area contributed by atoms with Crippen molar-refractivity contribution >= 4 is 27.5 Å². The van der Waals surface area contributed by atoms with Crippen LogP contribution < -0.4 is 5.48 Å². The Hall–Kier alpha value is -2.31. The van der Waals surface area contributed by atoms with E-state index in [2.05, 4.69) is 5.92 Å². The van der Waals surface area contributed by atoms with Gasteiger partial charge in [0.05, 0.1) is 11.4 Å². The first kappa shape index (κ1) is 24.0. The maximum atomic E-state index is 13.1. The van der Waals surface area contributed by atoms with Crippen molar-refractivity contribution in [3.05, 3.63) is 54.6 Å². The molecule has 0 saturated carbocycles. The van der Waals surface area contributed by atoms with E-state index in [1.165, 1.54) is 29.4 Å². The van der Waals surface area contributed by atoms with Crippen molar-refractivity contribution in [3.63, 3.8) is 0 Å². The third kappa shape index (κ3) is 6.61. The zero-order valence-electron chi connectivity index (χ0n) is 16.8. The Kier molecular flexibility index (Phi) is 9.40. The number of rotatable bonds is 11.